The molecule has 3 rings (SSSR count). The molecule has 0 amide bonds. The third kappa shape index (κ3) is 6.05. The third-order valence-electron chi connectivity index (χ3n) is 5.56. The number of hydrogen-bond donors (Lipinski definition) is 1. The molecule has 0 aliphatic carbocycles. The van der Waals surface area contributed by atoms with Gasteiger partial charge in [-0.05, 0) is 51.3 Å². The number of benzene rings is 1. The van der Waals surface area contributed by atoms with E-state index >= 15 is 0 Å². The highest BCUT2D eigenvalue weighted by atomic mass is 19.1. The normalized spacial score (nSPS) is 15.9. The molecule has 1 aromatic carbocycles. The smallest absolute Gasteiger partial charge is 0.146 e. The largest absolute Gasteiger partial charge is 0.367 e. The van der Waals surface area contributed by atoms with E-state index < -0.39 is 0 Å². The minimum atomic E-state index is -0.125. The third-order valence-corrected chi connectivity index (χ3v) is 5.56. The molecule has 1 aromatic heterocycles. The lowest BCUT2D eigenvalue weighted by Crippen LogP contribution is -2.48. The van der Waals surface area contributed by atoms with Crippen molar-refractivity contribution in [3.8, 4) is 0 Å². The van der Waals surface area contributed by atoms with Gasteiger partial charge < -0.3 is 10.2 Å². The summed E-state index contributed by atoms with van der Waals surface area (Å²) in [5, 5.41) is 8.47. The van der Waals surface area contributed by atoms with Crippen LogP contribution in [0, 0.1) is 11.7 Å². The van der Waals surface area contributed by atoms with E-state index in [9.17, 15) is 4.39 Å². The molecule has 1 saturated heterocycles. The molecule has 6 heteroatoms. The molecule has 0 unspecified atom stereocenters. The summed E-state index contributed by atoms with van der Waals surface area (Å²) in [6.45, 7) is 17.5. The lowest BCUT2D eigenvalue weighted by atomic mass is 10.1. The molecular weight excluding hydrogens is 377 g/mol. The Bertz CT molecular complexity index is 800. The van der Waals surface area contributed by atoms with Crippen LogP contribution in [0.3, 0.4) is 0 Å². The molecule has 1 fully saturated rings. The van der Waals surface area contributed by atoms with Crippen LogP contribution < -0.4 is 10.2 Å². The van der Waals surface area contributed by atoms with Crippen molar-refractivity contribution in [1.29, 1.82) is 0 Å². The number of anilines is 1. The predicted molar refractivity (Wildman–Crippen MR) is 123 cm³/mol. The Morgan fingerprint density at radius 3 is 2.43 bits per heavy atom. The highest BCUT2D eigenvalue weighted by molar-refractivity contribution is 5.47. The summed E-state index contributed by atoms with van der Waals surface area (Å²) in [5.41, 5.74) is 3.14. The molecule has 0 atom stereocenters. The van der Waals surface area contributed by atoms with Crippen LogP contribution in [0.5, 0.6) is 0 Å². The van der Waals surface area contributed by atoms with Crippen LogP contribution in [0.1, 0.15) is 46.0 Å². The highest BCUT2D eigenvalue weighted by Gasteiger charge is 2.21. The molecular formula is C24H38FN5. The molecule has 1 aliphatic rings. The summed E-state index contributed by atoms with van der Waals surface area (Å²) in [6.07, 6.45) is 1.02. The number of piperazine rings is 1. The summed E-state index contributed by atoms with van der Waals surface area (Å²) in [7, 11) is 0. The van der Waals surface area contributed by atoms with Gasteiger partial charge in [-0.3, -0.25) is 9.58 Å². The van der Waals surface area contributed by atoms with Gasteiger partial charge in [-0.1, -0.05) is 26.0 Å². The topological polar surface area (TPSA) is 36.3 Å². The number of aromatic nitrogens is 2. The molecule has 2 aromatic rings. The lowest BCUT2D eigenvalue weighted by Gasteiger charge is -2.36. The van der Waals surface area contributed by atoms with Gasteiger partial charge in [0, 0.05) is 45.8 Å². The summed E-state index contributed by atoms with van der Waals surface area (Å²) in [4.78, 5) is 4.60. The van der Waals surface area contributed by atoms with Crippen molar-refractivity contribution in [2.24, 2.45) is 5.92 Å². The Kier molecular flexibility index (Phi) is 7.53. The van der Waals surface area contributed by atoms with E-state index in [4.69, 9.17) is 5.10 Å². The lowest BCUT2D eigenvalue weighted by molar-refractivity contribution is 0.255. The monoisotopic (exact) mass is 415 g/mol. The van der Waals surface area contributed by atoms with E-state index in [1.165, 1.54) is 11.4 Å². The molecule has 2 heterocycles. The molecule has 0 bridgehead atoms. The highest BCUT2D eigenvalue weighted by Crippen LogP contribution is 2.21. The van der Waals surface area contributed by atoms with Gasteiger partial charge in [0.1, 0.15) is 5.82 Å². The van der Waals surface area contributed by atoms with E-state index in [1.807, 2.05) is 12.1 Å². The van der Waals surface area contributed by atoms with Gasteiger partial charge in [0.25, 0.3) is 0 Å². The molecule has 0 radical (unpaired) electrons. The fourth-order valence-electron chi connectivity index (χ4n) is 4.07. The maximum atomic E-state index is 14.0. The van der Waals surface area contributed by atoms with E-state index in [-0.39, 0.29) is 11.4 Å². The Morgan fingerprint density at radius 2 is 1.80 bits per heavy atom. The first kappa shape index (κ1) is 22.8. The second kappa shape index (κ2) is 9.92. The zero-order valence-corrected chi connectivity index (χ0v) is 19.3. The van der Waals surface area contributed by atoms with Crippen LogP contribution in [-0.4, -0.2) is 53.9 Å². The van der Waals surface area contributed by atoms with Crippen molar-refractivity contribution in [3.05, 3.63) is 47.5 Å². The molecule has 0 spiro atoms. The first-order chi connectivity index (χ1) is 14.2. The van der Waals surface area contributed by atoms with Crippen molar-refractivity contribution in [2.45, 2.75) is 53.1 Å². The Labute approximate surface area is 181 Å². The summed E-state index contributed by atoms with van der Waals surface area (Å²) < 4.78 is 16.2. The quantitative estimate of drug-likeness (QED) is 0.664. The molecule has 1 N–H and O–H groups in total. The first-order valence-electron chi connectivity index (χ1n) is 11.2. The van der Waals surface area contributed by atoms with Crippen molar-refractivity contribution >= 4 is 5.69 Å². The van der Waals surface area contributed by atoms with Crippen LogP contribution in [0.2, 0.25) is 0 Å². The number of hydrogen-bond acceptors (Lipinski definition) is 4. The van der Waals surface area contributed by atoms with Gasteiger partial charge in [0.05, 0.1) is 22.6 Å². The number of para-hydroxylation sites is 1. The Hall–Kier alpha value is -1.92. The van der Waals surface area contributed by atoms with Gasteiger partial charge in [-0.2, -0.15) is 5.10 Å². The van der Waals surface area contributed by atoms with E-state index in [2.05, 4.69) is 60.5 Å². The van der Waals surface area contributed by atoms with Crippen LogP contribution in [0.4, 0.5) is 10.1 Å². The average molecular weight is 416 g/mol. The van der Waals surface area contributed by atoms with Gasteiger partial charge in [-0.15, -0.1) is 0 Å². The fourth-order valence-corrected chi connectivity index (χ4v) is 4.07. The molecule has 0 saturated carbocycles. The zero-order chi connectivity index (χ0) is 21.7. The number of halogens is 1. The van der Waals surface area contributed by atoms with Gasteiger partial charge in [-0.25, -0.2) is 4.39 Å². The number of rotatable bonds is 8. The summed E-state index contributed by atoms with van der Waals surface area (Å²) in [6, 6.07) is 9.33. The maximum Gasteiger partial charge on any atom is 0.146 e. The van der Waals surface area contributed by atoms with Crippen LogP contribution in [0.15, 0.2) is 30.3 Å². The second-order valence-electron chi connectivity index (χ2n) is 9.76. The second-order valence-corrected chi connectivity index (χ2v) is 9.76. The molecule has 1 aliphatic heterocycles. The minimum Gasteiger partial charge on any atom is -0.367 e. The maximum absolute atomic E-state index is 14.0. The molecule has 5 nitrogen and oxygen atoms in total. The Morgan fingerprint density at radius 1 is 1.10 bits per heavy atom. The van der Waals surface area contributed by atoms with Crippen LogP contribution >= 0.6 is 0 Å². The summed E-state index contributed by atoms with van der Waals surface area (Å²) in [5.74, 6) is 0.483. The van der Waals surface area contributed by atoms with Crippen LogP contribution in [-0.2, 0) is 18.5 Å². The van der Waals surface area contributed by atoms with Gasteiger partial charge in [0.2, 0.25) is 0 Å². The van der Waals surface area contributed by atoms with Crippen molar-refractivity contribution in [3.63, 3.8) is 0 Å². The minimum absolute atomic E-state index is 0.0186. The molecule has 166 valence electrons. The van der Waals surface area contributed by atoms with E-state index in [1.54, 1.807) is 12.1 Å². The SMILES string of the molecule is CC(C)Cc1cc(CNCCN2CCN(c3ccccc3F)CC2)n(C(C)(C)C)n1. The first-order valence-corrected chi connectivity index (χ1v) is 11.2. The van der Waals surface area contributed by atoms with Crippen molar-refractivity contribution in [2.75, 3.05) is 44.2 Å². The van der Waals surface area contributed by atoms with Crippen molar-refractivity contribution < 1.29 is 4.39 Å². The fraction of sp³-hybridized carbons (Fsp3) is 0.625. The van der Waals surface area contributed by atoms with E-state index in [0.29, 0.717) is 5.92 Å². The number of nitrogens with one attached hydrogen (secondary N) is 1. The van der Waals surface area contributed by atoms with Crippen LogP contribution in [0.25, 0.3) is 0 Å². The Balaban J connectivity index is 1.45. The van der Waals surface area contributed by atoms with E-state index in [0.717, 1.165) is 57.9 Å². The number of nitrogens with zero attached hydrogens (tertiary/aromatic N) is 4. The molecule has 30 heavy (non-hydrogen) atoms. The van der Waals surface area contributed by atoms with Crippen molar-refractivity contribution in [1.82, 2.24) is 20.0 Å². The predicted octanol–water partition coefficient (Wildman–Crippen LogP) is 3.89. The standard InChI is InChI=1S/C24H38FN5/c1-19(2)16-20-17-21(30(27-20)24(3,4)5)18-26-10-11-28-12-14-29(15-13-28)23-9-7-6-8-22(23)25/h6-9,17,19,26H,10-16,18H2,1-5H3. The zero-order valence-electron chi connectivity index (χ0n) is 19.3. The summed E-state index contributed by atoms with van der Waals surface area (Å²) >= 11 is 0. The van der Waals surface area contributed by atoms with Gasteiger partial charge in [0.15, 0.2) is 0 Å². The van der Waals surface area contributed by atoms with Gasteiger partial charge >= 0.3 is 0 Å². The average Bonchev–Trinajstić information content (AvgIpc) is 3.08.